The van der Waals surface area contributed by atoms with Gasteiger partial charge in [-0.25, -0.2) is 0 Å². The number of nitrogens with one attached hydrogen (secondary N) is 1. The number of hydrogen-bond acceptors (Lipinski definition) is 3. The Morgan fingerprint density at radius 2 is 2.13 bits per heavy atom. The molecule has 0 saturated heterocycles. The number of rotatable bonds is 4. The fourth-order valence-corrected chi connectivity index (χ4v) is 1.28. The molecule has 3 N–H and O–H groups in total. The molecular weight excluding hydrogens is 194 g/mol. The number of phenols is 1. The zero-order valence-corrected chi connectivity index (χ0v) is 8.66. The molecule has 0 unspecified atom stereocenters. The molecule has 82 valence electrons. The number of carbonyl (C=O) groups excluding carboxylic acids is 1. The van der Waals surface area contributed by atoms with Crippen LogP contribution in [-0.4, -0.2) is 29.3 Å². The van der Waals surface area contributed by atoms with Crippen LogP contribution in [-0.2, 0) is 0 Å². The van der Waals surface area contributed by atoms with E-state index in [9.17, 15) is 9.90 Å². The Bertz CT molecular complexity index is 329. The Kier molecular flexibility index (Phi) is 4.12. The quantitative estimate of drug-likeness (QED) is 0.643. The first-order chi connectivity index (χ1) is 7.13. The summed E-state index contributed by atoms with van der Waals surface area (Å²) >= 11 is 0. The Labute approximate surface area is 88.6 Å². The van der Waals surface area contributed by atoms with Crippen molar-refractivity contribution in [3.63, 3.8) is 0 Å². The van der Waals surface area contributed by atoms with Gasteiger partial charge in [0.25, 0.3) is 5.91 Å². The third-order valence-corrected chi connectivity index (χ3v) is 1.94. The minimum absolute atomic E-state index is 0.0549. The number of aryl methyl sites for hydroxylation is 1. The smallest absolute Gasteiger partial charge is 0.251 e. The van der Waals surface area contributed by atoms with E-state index in [2.05, 4.69) is 5.32 Å². The predicted octanol–water partition coefficient (Wildman–Crippen LogP) is 0.813. The molecule has 15 heavy (non-hydrogen) atoms. The first-order valence-corrected chi connectivity index (χ1v) is 4.83. The minimum atomic E-state index is -0.234. The number of carbonyl (C=O) groups is 1. The molecular formula is C11H15NO3. The summed E-state index contributed by atoms with van der Waals surface area (Å²) in [7, 11) is 0. The monoisotopic (exact) mass is 209 g/mol. The van der Waals surface area contributed by atoms with Crippen LogP contribution in [0.1, 0.15) is 22.3 Å². The van der Waals surface area contributed by atoms with Gasteiger partial charge in [0, 0.05) is 18.7 Å². The fraction of sp³-hybridized carbons (Fsp3) is 0.364. The number of phenolic OH excluding ortho intramolecular Hbond substituents is 1. The summed E-state index contributed by atoms with van der Waals surface area (Å²) in [6.07, 6.45) is 0.531. The van der Waals surface area contributed by atoms with Crippen molar-refractivity contribution >= 4 is 5.91 Å². The molecule has 0 aliphatic rings. The molecule has 0 atom stereocenters. The van der Waals surface area contributed by atoms with Crippen LogP contribution in [0.4, 0.5) is 0 Å². The van der Waals surface area contributed by atoms with Crippen molar-refractivity contribution in [2.24, 2.45) is 0 Å². The first-order valence-electron chi connectivity index (χ1n) is 4.83. The highest BCUT2D eigenvalue weighted by atomic mass is 16.3. The predicted molar refractivity (Wildman–Crippen MR) is 56.9 cm³/mol. The Morgan fingerprint density at radius 1 is 1.40 bits per heavy atom. The van der Waals surface area contributed by atoms with Gasteiger partial charge in [0.1, 0.15) is 5.75 Å². The zero-order chi connectivity index (χ0) is 11.3. The van der Waals surface area contributed by atoms with E-state index in [0.29, 0.717) is 18.5 Å². The summed E-state index contributed by atoms with van der Waals surface area (Å²) in [5.74, 6) is -0.148. The molecule has 4 nitrogen and oxygen atoms in total. The van der Waals surface area contributed by atoms with Crippen LogP contribution in [0.15, 0.2) is 18.2 Å². The van der Waals surface area contributed by atoms with E-state index < -0.39 is 0 Å². The molecule has 0 fully saturated rings. The van der Waals surface area contributed by atoms with Crippen molar-refractivity contribution in [1.82, 2.24) is 5.32 Å². The Balaban J connectivity index is 2.65. The zero-order valence-electron chi connectivity index (χ0n) is 8.66. The third kappa shape index (κ3) is 3.59. The van der Waals surface area contributed by atoms with Crippen molar-refractivity contribution in [2.45, 2.75) is 13.3 Å². The van der Waals surface area contributed by atoms with Crippen LogP contribution in [0.25, 0.3) is 0 Å². The molecule has 1 rings (SSSR count). The van der Waals surface area contributed by atoms with Crippen molar-refractivity contribution in [1.29, 1.82) is 0 Å². The lowest BCUT2D eigenvalue weighted by atomic mass is 10.1. The second-order valence-corrected chi connectivity index (χ2v) is 3.39. The maximum atomic E-state index is 11.5. The van der Waals surface area contributed by atoms with E-state index in [0.717, 1.165) is 5.56 Å². The molecule has 0 saturated carbocycles. The summed E-state index contributed by atoms with van der Waals surface area (Å²) in [4.78, 5) is 11.5. The number of amides is 1. The van der Waals surface area contributed by atoms with Gasteiger partial charge in [0.2, 0.25) is 0 Å². The molecule has 4 heteroatoms. The number of hydrogen-bond donors (Lipinski definition) is 3. The van der Waals surface area contributed by atoms with Crippen LogP contribution in [0.2, 0.25) is 0 Å². The molecule has 0 bridgehead atoms. The molecule has 0 spiro atoms. The summed E-state index contributed by atoms with van der Waals surface area (Å²) in [6, 6.07) is 4.71. The summed E-state index contributed by atoms with van der Waals surface area (Å²) in [6.45, 7) is 2.30. The second-order valence-electron chi connectivity index (χ2n) is 3.39. The Hall–Kier alpha value is -1.55. The van der Waals surface area contributed by atoms with Gasteiger partial charge in [0.05, 0.1) is 0 Å². The minimum Gasteiger partial charge on any atom is -0.508 e. The number of aliphatic hydroxyl groups is 1. The molecule has 1 aromatic rings. The summed E-state index contributed by atoms with van der Waals surface area (Å²) in [5, 5.41) is 20.5. The fourth-order valence-electron chi connectivity index (χ4n) is 1.28. The van der Waals surface area contributed by atoms with Gasteiger partial charge in [-0.3, -0.25) is 4.79 Å². The average Bonchev–Trinajstić information content (AvgIpc) is 2.16. The summed E-state index contributed by atoms with van der Waals surface area (Å²) < 4.78 is 0. The van der Waals surface area contributed by atoms with Crippen LogP contribution in [0.5, 0.6) is 5.75 Å². The van der Waals surface area contributed by atoms with E-state index in [1.165, 1.54) is 6.07 Å². The van der Waals surface area contributed by atoms with Crippen LogP contribution >= 0.6 is 0 Å². The van der Waals surface area contributed by atoms with Crippen LogP contribution in [0, 0.1) is 6.92 Å². The molecule has 0 aliphatic heterocycles. The summed E-state index contributed by atoms with van der Waals surface area (Å²) in [5.41, 5.74) is 1.27. The van der Waals surface area contributed by atoms with Gasteiger partial charge in [-0.1, -0.05) is 0 Å². The number of aromatic hydroxyl groups is 1. The highest BCUT2D eigenvalue weighted by Gasteiger charge is 2.06. The topological polar surface area (TPSA) is 69.6 Å². The van der Waals surface area contributed by atoms with Crippen molar-refractivity contribution in [2.75, 3.05) is 13.2 Å². The lowest BCUT2D eigenvalue weighted by Gasteiger charge is -2.05. The third-order valence-electron chi connectivity index (χ3n) is 1.94. The molecule has 0 heterocycles. The van der Waals surface area contributed by atoms with Crippen molar-refractivity contribution in [3.8, 4) is 5.75 Å². The number of aliphatic hydroxyl groups excluding tert-OH is 1. The Morgan fingerprint density at radius 3 is 2.73 bits per heavy atom. The van der Waals surface area contributed by atoms with Gasteiger partial charge < -0.3 is 15.5 Å². The van der Waals surface area contributed by atoms with E-state index in [4.69, 9.17) is 5.11 Å². The largest absolute Gasteiger partial charge is 0.508 e. The van der Waals surface area contributed by atoms with Gasteiger partial charge in [-0.15, -0.1) is 0 Å². The lowest BCUT2D eigenvalue weighted by Crippen LogP contribution is -2.25. The highest BCUT2D eigenvalue weighted by Crippen LogP contribution is 2.14. The highest BCUT2D eigenvalue weighted by molar-refractivity contribution is 5.94. The van der Waals surface area contributed by atoms with Crippen LogP contribution in [0.3, 0.4) is 0 Å². The molecule has 1 aromatic carbocycles. The number of benzene rings is 1. The van der Waals surface area contributed by atoms with Gasteiger partial charge in [-0.2, -0.15) is 0 Å². The molecule has 0 aliphatic carbocycles. The maximum absolute atomic E-state index is 11.5. The second kappa shape index (κ2) is 5.36. The van der Waals surface area contributed by atoms with E-state index in [1.54, 1.807) is 12.1 Å². The molecule has 0 radical (unpaired) electrons. The van der Waals surface area contributed by atoms with E-state index in [1.807, 2.05) is 6.92 Å². The van der Waals surface area contributed by atoms with E-state index >= 15 is 0 Å². The maximum Gasteiger partial charge on any atom is 0.251 e. The molecule has 1 amide bonds. The molecule has 0 aromatic heterocycles. The van der Waals surface area contributed by atoms with Crippen molar-refractivity contribution in [3.05, 3.63) is 29.3 Å². The standard InChI is InChI=1S/C11H15NO3/c1-8-5-9(7-10(14)6-8)11(15)12-3-2-4-13/h5-7,13-14H,2-4H2,1H3,(H,12,15). The van der Waals surface area contributed by atoms with E-state index in [-0.39, 0.29) is 18.3 Å². The normalized spacial score (nSPS) is 10.0. The van der Waals surface area contributed by atoms with Gasteiger partial charge in [0.15, 0.2) is 0 Å². The lowest BCUT2D eigenvalue weighted by molar-refractivity contribution is 0.0950. The SMILES string of the molecule is Cc1cc(O)cc(C(=O)NCCCO)c1. The van der Waals surface area contributed by atoms with Crippen LogP contribution < -0.4 is 5.32 Å². The van der Waals surface area contributed by atoms with Crippen molar-refractivity contribution < 1.29 is 15.0 Å². The first kappa shape index (κ1) is 11.5. The average molecular weight is 209 g/mol. The van der Waals surface area contributed by atoms with Gasteiger partial charge in [-0.05, 0) is 37.1 Å². The van der Waals surface area contributed by atoms with Gasteiger partial charge >= 0.3 is 0 Å².